The Morgan fingerprint density at radius 2 is 1.57 bits per heavy atom. The molecular weight excluding hydrogens is 380 g/mol. The Hall–Kier alpha value is -3.61. The largest absolute Gasteiger partial charge is 0.372 e. The van der Waals surface area contributed by atoms with Gasteiger partial charge in [-0.05, 0) is 56.7 Å². The molecule has 0 aliphatic heterocycles. The van der Waals surface area contributed by atoms with E-state index < -0.39 is 23.8 Å². The number of hydrogen-bond acceptors (Lipinski definition) is 4. The average Bonchev–Trinajstić information content (AvgIpc) is 2.77. The summed E-state index contributed by atoms with van der Waals surface area (Å²) in [4.78, 5) is 38.5. The van der Waals surface area contributed by atoms with Crippen molar-refractivity contribution in [2.45, 2.75) is 26.8 Å². The maximum absolute atomic E-state index is 12.2. The Bertz CT molecular complexity index is 875. The fourth-order valence-corrected chi connectivity index (χ4v) is 2.77. The van der Waals surface area contributed by atoms with Crippen LogP contribution < -0.4 is 21.1 Å². The molecule has 0 aromatic heterocycles. The minimum atomic E-state index is -0.816. The number of amides is 3. The molecule has 2 aromatic carbocycles. The van der Waals surface area contributed by atoms with Crippen LogP contribution in [0.4, 0.5) is 5.69 Å². The summed E-state index contributed by atoms with van der Waals surface area (Å²) in [5, 5.41) is 2.55. The monoisotopic (exact) mass is 408 g/mol. The molecule has 0 saturated heterocycles. The van der Waals surface area contributed by atoms with E-state index in [0.717, 1.165) is 24.3 Å². The van der Waals surface area contributed by atoms with Crippen LogP contribution in [0.15, 0.2) is 60.7 Å². The van der Waals surface area contributed by atoms with Crippen molar-refractivity contribution in [1.82, 2.24) is 16.2 Å². The Morgan fingerprint density at radius 1 is 0.933 bits per heavy atom. The lowest BCUT2D eigenvalue weighted by molar-refractivity contribution is -0.127. The van der Waals surface area contributed by atoms with Crippen molar-refractivity contribution in [1.29, 1.82) is 0 Å². The third-order valence-corrected chi connectivity index (χ3v) is 4.54. The summed E-state index contributed by atoms with van der Waals surface area (Å²) in [6.45, 7) is 7.42. The second-order valence-electron chi connectivity index (χ2n) is 6.64. The summed E-state index contributed by atoms with van der Waals surface area (Å²) in [6.07, 6.45) is 3.01. The van der Waals surface area contributed by atoms with E-state index in [-0.39, 0.29) is 0 Å². The van der Waals surface area contributed by atoms with Crippen LogP contribution in [0, 0.1) is 0 Å². The summed E-state index contributed by atoms with van der Waals surface area (Å²) >= 11 is 0. The summed E-state index contributed by atoms with van der Waals surface area (Å²) in [5.41, 5.74) is 7.03. The van der Waals surface area contributed by atoms with E-state index in [1.165, 1.54) is 13.0 Å². The van der Waals surface area contributed by atoms with Crippen LogP contribution in [0.2, 0.25) is 0 Å². The molecule has 0 heterocycles. The first-order chi connectivity index (χ1) is 14.4. The van der Waals surface area contributed by atoms with Crippen LogP contribution in [0.25, 0.3) is 6.08 Å². The summed E-state index contributed by atoms with van der Waals surface area (Å²) in [7, 11) is 0. The molecule has 0 spiro atoms. The highest BCUT2D eigenvalue weighted by atomic mass is 16.2. The highest BCUT2D eigenvalue weighted by molar-refractivity contribution is 5.98. The number of anilines is 1. The van der Waals surface area contributed by atoms with E-state index in [1.54, 1.807) is 18.2 Å². The van der Waals surface area contributed by atoms with Gasteiger partial charge in [0, 0.05) is 30.4 Å². The molecule has 7 heteroatoms. The Labute approximate surface area is 177 Å². The average molecular weight is 409 g/mol. The van der Waals surface area contributed by atoms with E-state index in [0.29, 0.717) is 5.56 Å². The molecule has 158 valence electrons. The number of nitrogens with zero attached hydrogens (tertiary/aromatic N) is 1. The molecule has 0 aliphatic carbocycles. The van der Waals surface area contributed by atoms with Crippen LogP contribution in [-0.4, -0.2) is 36.9 Å². The lowest BCUT2D eigenvalue weighted by Gasteiger charge is -2.21. The second kappa shape index (κ2) is 11.4. The van der Waals surface area contributed by atoms with Gasteiger partial charge in [0.1, 0.15) is 6.04 Å². The first-order valence-corrected chi connectivity index (χ1v) is 9.93. The molecule has 2 rings (SSSR count). The smallest absolute Gasteiger partial charge is 0.269 e. The first-order valence-electron chi connectivity index (χ1n) is 9.93. The molecule has 1 atom stereocenters. The van der Waals surface area contributed by atoms with Crippen molar-refractivity contribution in [3.05, 3.63) is 71.8 Å². The third-order valence-electron chi connectivity index (χ3n) is 4.54. The third kappa shape index (κ3) is 6.77. The van der Waals surface area contributed by atoms with Crippen LogP contribution in [0.5, 0.6) is 0 Å². The molecule has 0 saturated carbocycles. The normalized spacial score (nSPS) is 11.6. The molecule has 3 N–H and O–H groups in total. The number of hydrazine groups is 1. The number of carbonyl (C=O) groups is 3. The standard InChI is InChI=1S/C23H28N4O3/c1-4-27(5-2)20-14-12-19(13-15-20)23(30)26-25-22(29)17(3)24-21(28)16-11-18-9-7-6-8-10-18/h6-17H,4-5H2,1-3H3,(H,24,28)(H,25,29)(H,26,30)/b16-11+/t17-/m0/s1. The molecule has 3 amide bonds. The van der Waals surface area contributed by atoms with Gasteiger partial charge in [0.15, 0.2) is 0 Å². The van der Waals surface area contributed by atoms with Crippen molar-refractivity contribution in [2.24, 2.45) is 0 Å². The summed E-state index contributed by atoms with van der Waals surface area (Å²) < 4.78 is 0. The van der Waals surface area contributed by atoms with Gasteiger partial charge in [0.05, 0.1) is 0 Å². The van der Waals surface area contributed by atoms with Crippen molar-refractivity contribution in [2.75, 3.05) is 18.0 Å². The number of rotatable bonds is 8. The minimum absolute atomic E-state index is 0.403. The van der Waals surface area contributed by atoms with E-state index in [4.69, 9.17) is 0 Å². The lowest BCUT2D eigenvalue weighted by Crippen LogP contribution is -2.50. The molecule has 0 radical (unpaired) electrons. The van der Waals surface area contributed by atoms with Crippen LogP contribution in [0.1, 0.15) is 36.7 Å². The number of carbonyl (C=O) groups excluding carboxylic acids is 3. The predicted molar refractivity (Wildman–Crippen MR) is 119 cm³/mol. The minimum Gasteiger partial charge on any atom is -0.372 e. The Balaban J connectivity index is 1.81. The van der Waals surface area contributed by atoms with Gasteiger partial charge in [0.25, 0.3) is 11.8 Å². The maximum Gasteiger partial charge on any atom is 0.269 e. The zero-order valence-electron chi connectivity index (χ0n) is 17.5. The molecular formula is C23H28N4O3. The number of nitrogens with one attached hydrogen (secondary N) is 3. The summed E-state index contributed by atoms with van der Waals surface area (Å²) in [5.74, 6) is -1.36. The van der Waals surface area contributed by atoms with Gasteiger partial charge in [-0.25, -0.2) is 0 Å². The highest BCUT2D eigenvalue weighted by Crippen LogP contribution is 2.14. The van der Waals surface area contributed by atoms with Crippen LogP contribution in [-0.2, 0) is 9.59 Å². The fraction of sp³-hybridized carbons (Fsp3) is 0.261. The lowest BCUT2D eigenvalue weighted by atomic mass is 10.2. The Morgan fingerprint density at radius 3 is 2.17 bits per heavy atom. The Kier molecular flexibility index (Phi) is 8.62. The van der Waals surface area contributed by atoms with Crippen LogP contribution in [0.3, 0.4) is 0 Å². The second-order valence-corrected chi connectivity index (χ2v) is 6.64. The van der Waals surface area contributed by atoms with Crippen molar-refractivity contribution >= 4 is 29.5 Å². The van der Waals surface area contributed by atoms with Gasteiger partial charge in [-0.2, -0.15) is 0 Å². The predicted octanol–water partition coefficient (Wildman–Crippen LogP) is 2.51. The molecule has 0 aliphatic rings. The zero-order valence-corrected chi connectivity index (χ0v) is 17.5. The van der Waals surface area contributed by atoms with Gasteiger partial charge in [-0.3, -0.25) is 25.2 Å². The van der Waals surface area contributed by atoms with Gasteiger partial charge < -0.3 is 10.2 Å². The number of hydrogen-bond donors (Lipinski definition) is 3. The van der Waals surface area contributed by atoms with Gasteiger partial charge in [-0.1, -0.05) is 30.3 Å². The zero-order chi connectivity index (χ0) is 21.9. The highest BCUT2D eigenvalue weighted by Gasteiger charge is 2.15. The molecule has 30 heavy (non-hydrogen) atoms. The quantitative estimate of drug-likeness (QED) is 0.462. The van der Waals surface area contributed by atoms with Crippen molar-refractivity contribution < 1.29 is 14.4 Å². The molecule has 0 bridgehead atoms. The van der Waals surface area contributed by atoms with Gasteiger partial charge in [-0.15, -0.1) is 0 Å². The maximum atomic E-state index is 12.2. The van der Waals surface area contributed by atoms with Gasteiger partial charge in [0.2, 0.25) is 5.91 Å². The number of benzene rings is 2. The van der Waals surface area contributed by atoms with E-state index in [2.05, 4.69) is 34.9 Å². The van der Waals surface area contributed by atoms with Crippen LogP contribution >= 0.6 is 0 Å². The van der Waals surface area contributed by atoms with Crippen molar-refractivity contribution in [3.8, 4) is 0 Å². The van der Waals surface area contributed by atoms with E-state index in [9.17, 15) is 14.4 Å². The fourth-order valence-electron chi connectivity index (χ4n) is 2.77. The molecule has 0 fully saturated rings. The first kappa shape index (κ1) is 22.7. The molecule has 0 unspecified atom stereocenters. The van der Waals surface area contributed by atoms with Crippen molar-refractivity contribution in [3.63, 3.8) is 0 Å². The topological polar surface area (TPSA) is 90.5 Å². The van der Waals surface area contributed by atoms with E-state index >= 15 is 0 Å². The van der Waals surface area contributed by atoms with Gasteiger partial charge >= 0.3 is 0 Å². The molecule has 2 aromatic rings. The SMILES string of the molecule is CCN(CC)c1ccc(C(=O)NNC(=O)[C@H](C)NC(=O)/C=C/c2ccccc2)cc1. The molecule has 7 nitrogen and oxygen atoms in total. The van der Waals surface area contributed by atoms with E-state index in [1.807, 2.05) is 42.5 Å². The summed E-state index contributed by atoms with van der Waals surface area (Å²) in [6, 6.07) is 15.7.